The summed E-state index contributed by atoms with van der Waals surface area (Å²) >= 11 is 0. The van der Waals surface area contributed by atoms with E-state index < -0.39 is 0 Å². The van der Waals surface area contributed by atoms with Crippen LogP contribution in [0.3, 0.4) is 0 Å². The van der Waals surface area contributed by atoms with Crippen LogP contribution in [0.1, 0.15) is 56.0 Å². The van der Waals surface area contributed by atoms with Gasteiger partial charge in [-0.25, -0.2) is 0 Å². The van der Waals surface area contributed by atoms with E-state index in [1.54, 1.807) is 0 Å². The van der Waals surface area contributed by atoms with Gasteiger partial charge in [-0.3, -0.25) is 0 Å². The summed E-state index contributed by atoms with van der Waals surface area (Å²) in [5, 5.41) is 14.2. The van der Waals surface area contributed by atoms with Crippen molar-refractivity contribution in [3.05, 3.63) is 168 Å². The average Bonchev–Trinajstić information content (AvgIpc) is 3.82. The molecule has 3 aromatic heterocycles. The number of furan rings is 1. The van der Waals surface area contributed by atoms with Gasteiger partial charge in [-0.05, 0) is 78.4 Å². The van der Waals surface area contributed by atoms with Gasteiger partial charge in [0.15, 0.2) is 5.76 Å². The van der Waals surface area contributed by atoms with Crippen molar-refractivity contribution >= 4 is 77.3 Å². The molecule has 0 bridgehead atoms. The molecule has 0 fully saturated rings. The Labute approximate surface area is 303 Å². The Balaban J connectivity index is 0.00000166. The van der Waals surface area contributed by atoms with Crippen molar-refractivity contribution in [3.8, 4) is 0 Å². The van der Waals surface area contributed by atoms with Gasteiger partial charge in [0.1, 0.15) is 5.58 Å². The Kier molecular flexibility index (Phi) is 7.17. The monoisotopic (exact) mass is 673 g/mol. The van der Waals surface area contributed by atoms with Crippen LogP contribution in [0.2, 0.25) is 0 Å². The lowest BCUT2D eigenvalue weighted by molar-refractivity contribution is 0.510. The summed E-state index contributed by atoms with van der Waals surface area (Å²) < 4.78 is 9.35. The van der Waals surface area contributed by atoms with Gasteiger partial charge in [-0.15, -0.1) is 0 Å². The minimum absolute atomic E-state index is 0.0918. The molecular formula is C48H39N3O. The molecule has 2 N–H and O–H groups in total. The predicted octanol–water partition coefficient (Wildman–Crippen LogP) is 13.5. The molecule has 0 saturated carbocycles. The van der Waals surface area contributed by atoms with Gasteiger partial charge in [0, 0.05) is 38.2 Å². The number of para-hydroxylation sites is 4. The molecule has 6 aromatic carbocycles. The summed E-state index contributed by atoms with van der Waals surface area (Å²) in [6.07, 6.45) is 5.34. The first kappa shape index (κ1) is 30.6. The summed E-state index contributed by atoms with van der Waals surface area (Å²) in [5.74, 6) is 0.937. The molecule has 1 atom stereocenters. The first-order valence-electron chi connectivity index (χ1n) is 18.6. The molecule has 0 spiro atoms. The van der Waals surface area contributed by atoms with Crippen LogP contribution in [-0.2, 0) is 0 Å². The van der Waals surface area contributed by atoms with E-state index in [-0.39, 0.29) is 6.04 Å². The number of hydrogen-bond acceptors (Lipinski definition) is 3. The molecule has 52 heavy (non-hydrogen) atoms. The Morgan fingerprint density at radius 1 is 0.673 bits per heavy atom. The van der Waals surface area contributed by atoms with E-state index in [1.165, 1.54) is 71.6 Å². The maximum Gasteiger partial charge on any atom is 0.151 e. The molecule has 9 aromatic rings. The molecule has 2 aliphatic rings. The lowest BCUT2D eigenvalue weighted by atomic mass is 9.83. The highest BCUT2D eigenvalue weighted by Crippen LogP contribution is 2.52. The highest BCUT2D eigenvalue weighted by Gasteiger charge is 2.33. The van der Waals surface area contributed by atoms with Gasteiger partial charge < -0.3 is 19.5 Å². The molecule has 4 heteroatoms. The van der Waals surface area contributed by atoms with Gasteiger partial charge in [0.05, 0.1) is 34.0 Å². The van der Waals surface area contributed by atoms with Crippen molar-refractivity contribution in [2.45, 2.75) is 39.2 Å². The number of nitrogens with zero attached hydrogens (tertiary/aromatic N) is 1. The third-order valence-electron chi connectivity index (χ3n) is 11.0. The Morgan fingerprint density at radius 2 is 1.33 bits per heavy atom. The van der Waals surface area contributed by atoms with Gasteiger partial charge in [0.25, 0.3) is 0 Å². The van der Waals surface area contributed by atoms with E-state index in [1.807, 2.05) is 13.8 Å². The number of rotatable bonds is 4. The maximum absolute atomic E-state index is 6.87. The highest BCUT2D eigenvalue weighted by molar-refractivity contribution is 6.28. The fraction of sp³-hybridized carbons (Fsp3) is 0.125. The second-order valence-corrected chi connectivity index (χ2v) is 13.7. The normalized spacial score (nSPS) is 15.7. The van der Waals surface area contributed by atoms with Crippen molar-refractivity contribution in [1.29, 1.82) is 0 Å². The first-order valence-corrected chi connectivity index (χ1v) is 18.6. The summed E-state index contributed by atoms with van der Waals surface area (Å²) in [5.41, 5.74) is 14.7. The van der Waals surface area contributed by atoms with Crippen LogP contribution >= 0.6 is 0 Å². The van der Waals surface area contributed by atoms with Crippen molar-refractivity contribution < 1.29 is 4.42 Å². The topological polar surface area (TPSA) is 41.6 Å². The summed E-state index contributed by atoms with van der Waals surface area (Å²) in [6.45, 7) is 4.00. The van der Waals surface area contributed by atoms with Crippen LogP contribution in [0.5, 0.6) is 0 Å². The Morgan fingerprint density at radius 3 is 2.12 bits per heavy atom. The van der Waals surface area contributed by atoms with E-state index in [2.05, 4.69) is 161 Å². The molecule has 0 amide bonds. The van der Waals surface area contributed by atoms with Crippen molar-refractivity contribution in [3.63, 3.8) is 0 Å². The Bertz CT molecular complexity index is 2840. The quantitative estimate of drug-likeness (QED) is 0.195. The van der Waals surface area contributed by atoms with E-state index in [4.69, 9.17) is 4.42 Å². The van der Waals surface area contributed by atoms with E-state index in [0.717, 1.165) is 47.4 Å². The highest BCUT2D eigenvalue weighted by atomic mass is 16.3. The van der Waals surface area contributed by atoms with Gasteiger partial charge in [0.2, 0.25) is 0 Å². The zero-order valence-corrected chi connectivity index (χ0v) is 29.4. The average molecular weight is 674 g/mol. The Hall–Kier alpha value is -6.26. The summed E-state index contributed by atoms with van der Waals surface area (Å²) in [7, 11) is 0. The van der Waals surface area contributed by atoms with Crippen molar-refractivity contribution in [2.24, 2.45) is 0 Å². The van der Waals surface area contributed by atoms with Gasteiger partial charge in [-0.2, -0.15) is 0 Å². The molecule has 1 unspecified atom stereocenters. The molecule has 0 saturated heterocycles. The van der Waals surface area contributed by atoms with E-state index >= 15 is 0 Å². The number of benzene rings is 6. The standard InChI is InChI=1S/C46H33N3O.C2H6/c1-3-13-28(14-4-1)29-23-24-30-26-38(46-44(47-31-15-5-2-6-16-31)34-19-9-12-22-41(34)50-46)48-43-36(35(30)25-29)27-37-32-17-7-10-20-39(32)49-40-21-11-8-18-33(40)42(43)45(37)49;1-2/h1-22,25,27,38,47-48H,23-24,26H2;1-2H3. The lowest BCUT2D eigenvalue weighted by Crippen LogP contribution is -2.12. The first-order chi connectivity index (χ1) is 25.8. The van der Waals surface area contributed by atoms with Crippen LogP contribution in [0, 0.1) is 0 Å². The van der Waals surface area contributed by atoms with Crippen molar-refractivity contribution in [2.75, 3.05) is 10.6 Å². The second kappa shape index (κ2) is 12.2. The number of anilines is 3. The third kappa shape index (κ3) is 4.60. The predicted molar refractivity (Wildman–Crippen MR) is 220 cm³/mol. The second-order valence-electron chi connectivity index (χ2n) is 13.7. The fourth-order valence-electron chi connectivity index (χ4n) is 8.75. The molecule has 1 aliphatic carbocycles. The lowest BCUT2D eigenvalue weighted by Gasteiger charge is -2.22. The minimum Gasteiger partial charge on any atom is -0.457 e. The van der Waals surface area contributed by atoms with Crippen LogP contribution in [0.15, 0.2) is 156 Å². The zero-order valence-electron chi connectivity index (χ0n) is 29.4. The molecular weight excluding hydrogens is 635 g/mol. The van der Waals surface area contributed by atoms with Gasteiger partial charge >= 0.3 is 0 Å². The van der Waals surface area contributed by atoms with Crippen LogP contribution in [0.4, 0.5) is 17.1 Å². The molecule has 11 rings (SSSR count). The smallest absolute Gasteiger partial charge is 0.151 e. The SMILES string of the molecule is C1=C(c2ccccc2)CCC2=C1c1cc3c4ccccc4n4c5ccccc5c(c1NC(c1oc5ccccc5c1Nc1ccccc1)C2)c34.CC. The molecule has 252 valence electrons. The molecule has 4 nitrogen and oxygen atoms in total. The number of hydrogen-bond donors (Lipinski definition) is 2. The number of nitrogens with one attached hydrogen (secondary N) is 2. The van der Waals surface area contributed by atoms with Gasteiger partial charge in [-0.1, -0.05) is 123 Å². The van der Waals surface area contributed by atoms with Crippen molar-refractivity contribution in [1.82, 2.24) is 4.40 Å². The number of aromatic nitrogens is 1. The summed E-state index contributed by atoms with van der Waals surface area (Å²) in [6, 6.07) is 49.9. The molecule has 1 aliphatic heterocycles. The maximum atomic E-state index is 6.87. The summed E-state index contributed by atoms with van der Waals surface area (Å²) in [4.78, 5) is 0. The van der Waals surface area contributed by atoms with E-state index in [0.29, 0.717) is 0 Å². The molecule has 4 heterocycles. The molecule has 0 radical (unpaired) electrons. The largest absolute Gasteiger partial charge is 0.457 e. The fourth-order valence-corrected chi connectivity index (χ4v) is 8.75. The third-order valence-corrected chi connectivity index (χ3v) is 11.0. The van der Waals surface area contributed by atoms with Crippen LogP contribution in [-0.4, -0.2) is 4.40 Å². The number of allylic oxidation sites excluding steroid dienone is 3. The minimum atomic E-state index is -0.0918. The van der Waals surface area contributed by atoms with Crippen LogP contribution in [0.25, 0.3) is 60.2 Å². The van der Waals surface area contributed by atoms with E-state index in [9.17, 15) is 0 Å². The van der Waals surface area contributed by atoms with Crippen LogP contribution < -0.4 is 10.6 Å². The number of fused-ring (bicyclic) bond motifs is 10. The zero-order chi connectivity index (χ0) is 34.8.